The molecule has 3 nitrogen and oxygen atoms in total. The maximum atomic E-state index is 4.46. The van der Waals surface area contributed by atoms with Gasteiger partial charge in [0.2, 0.25) is 0 Å². The van der Waals surface area contributed by atoms with E-state index in [2.05, 4.69) is 47.8 Å². The second kappa shape index (κ2) is 4.93. The van der Waals surface area contributed by atoms with Crippen LogP contribution in [0.25, 0.3) is 10.9 Å². The molecule has 0 bridgehead atoms. The molecule has 0 atom stereocenters. The minimum Gasteiger partial charge on any atom is -0.346 e. The molecule has 0 aliphatic carbocycles. The van der Waals surface area contributed by atoms with Crippen LogP contribution in [0.5, 0.6) is 0 Å². The van der Waals surface area contributed by atoms with Gasteiger partial charge in [0.1, 0.15) is 5.69 Å². The lowest BCUT2D eigenvalue weighted by molar-refractivity contribution is 0.915. The van der Waals surface area contributed by atoms with E-state index in [0.717, 1.165) is 22.5 Å². The highest BCUT2D eigenvalue weighted by atomic mass is 15.1. The number of hydrogen-bond acceptors (Lipinski definition) is 2. The molecule has 3 rings (SSSR count). The van der Waals surface area contributed by atoms with Crippen LogP contribution in [-0.4, -0.2) is 4.57 Å². The Balaban J connectivity index is 2.06. The van der Waals surface area contributed by atoms with Crippen molar-refractivity contribution in [3.8, 4) is 0 Å². The molecule has 0 spiro atoms. The van der Waals surface area contributed by atoms with E-state index in [0.29, 0.717) is 0 Å². The summed E-state index contributed by atoms with van der Waals surface area (Å²) in [7, 11) is 2.06. The van der Waals surface area contributed by atoms with Crippen LogP contribution in [0.4, 0.5) is 11.4 Å². The van der Waals surface area contributed by atoms with Crippen LogP contribution in [0.1, 0.15) is 11.3 Å². The number of azo groups is 1. The minimum absolute atomic E-state index is 0.878. The molecule has 0 aliphatic rings. The SMILES string of the molecule is Cc1ccc(N=Nc2c(C)n(C)c3ccccc23)cc1. The Morgan fingerprint density at radius 2 is 1.55 bits per heavy atom. The Morgan fingerprint density at radius 3 is 2.30 bits per heavy atom. The Kier molecular flexibility index (Phi) is 3.11. The Morgan fingerprint density at radius 1 is 0.850 bits per heavy atom. The lowest BCUT2D eigenvalue weighted by atomic mass is 10.2. The first-order valence-corrected chi connectivity index (χ1v) is 6.69. The van der Waals surface area contributed by atoms with Gasteiger partial charge in [-0.3, -0.25) is 0 Å². The molecule has 3 heteroatoms. The fraction of sp³-hybridized carbons (Fsp3) is 0.176. The molecule has 0 saturated carbocycles. The van der Waals surface area contributed by atoms with E-state index in [9.17, 15) is 0 Å². The highest BCUT2D eigenvalue weighted by Crippen LogP contribution is 2.33. The van der Waals surface area contributed by atoms with Gasteiger partial charge in [-0.1, -0.05) is 35.9 Å². The smallest absolute Gasteiger partial charge is 0.114 e. The number of nitrogens with zero attached hydrogens (tertiary/aromatic N) is 3. The summed E-state index contributed by atoms with van der Waals surface area (Å²) in [5.74, 6) is 0. The van der Waals surface area contributed by atoms with Gasteiger partial charge in [0.05, 0.1) is 11.2 Å². The fourth-order valence-corrected chi connectivity index (χ4v) is 2.35. The minimum atomic E-state index is 0.878. The van der Waals surface area contributed by atoms with Crippen LogP contribution >= 0.6 is 0 Å². The van der Waals surface area contributed by atoms with Gasteiger partial charge < -0.3 is 4.57 Å². The number of hydrogen-bond donors (Lipinski definition) is 0. The van der Waals surface area contributed by atoms with E-state index in [1.54, 1.807) is 0 Å². The van der Waals surface area contributed by atoms with Gasteiger partial charge in [0, 0.05) is 18.1 Å². The summed E-state index contributed by atoms with van der Waals surface area (Å²) >= 11 is 0. The summed E-state index contributed by atoms with van der Waals surface area (Å²) < 4.78 is 2.15. The molecule has 3 aromatic rings. The first-order valence-electron chi connectivity index (χ1n) is 6.69. The van der Waals surface area contributed by atoms with Gasteiger partial charge in [0.25, 0.3) is 0 Å². The number of rotatable bonds is 2. The van der Waals surface area contributed by atoms with Gasteiger partial charge >= 0.3 is 0 Å². The van der Waals surface area contributed by atoms with Gasteiger partial charge in [0.15, 0.2) is 0 Å². The predicted molar refractivity (Wildman–Crippen MR) is 83.0 cm³/mol. The molecule has 0 saturated heterocycles. The quantitative estimate of drug-likeness (QED) is 0.568. The third-order valence-corrected chi connectivity index (χ3v) is 3.67. The summed E-state index contributed by atoms with van der Waals surface area (Å²) in [5, 5.41) is 9.95. The first kappa shape index (κ1) is 12.6. The molecule has 100 valence electrons. The van der Waals surface area contributed by atoms with Gasteiger partial charge in [-0.25, -0.2) is 0 Å². The van der Waals surface area contributed by atoms with Gasteiger partial charge in [-0.05, 0) is 32.0 Å². The molecule has 0 amide bonds. The van der Waals surface area contributed by atoms with E-state index in [1.165, 1.54) is 11.1 Å². The molecule has 0 aliphatic heterocycles. The second-order valence-corrected chi connectivity index (χ2v) is 5.05. The van der Waals surface area contributed by atoms with Gasteiger partial charge in [-0.15, -0.1) is 5.11 Å². The summed E-state index contributed by atoms with van der Waals surface area (Å²) in [6.07, 6.45) is 0. The number of para-hydroxylation sites is 1. The van der Waals surface area contributed by atoms with Gasteiger partial charge in [-0.2, -0.15) is 5.11 Å². The zero-order valence-electron chi connectivity index (χ0n) is 12.0. The van der Waals surface area contributed by atoms with Crippen molar-refractivity contribution in [2.45, 2.75) is 13.8 Å². The van der Waals surface area contributed by atoms with Crippen molar-refractivity contribution in [2.24, 2.45) is 17.3 Å². The summed E-state index contributed by atoms with van der Waals surface area (Å²) in [6.45, 7) is 4.14. The monoisotopic (exact) mass is 263 g/mol. The average Bonchev–Trinajstić information content (AvgIpc) is 2.71. The van der Waals surface area contributed by atoms with Crippen LogP contribution < -0.4 is 0 Å². The van der Waals surface area contributed by atoms with Crippen LogP contribution in [-0.2, 0) is 7.05 Å². The van der Waals surface area contributed by atoms with Crippen LogP contribution in [0.2, 0.25) is 0 Å². The van der Waals surface area contributed by atoms with E-state index < -0.39 is 0 Å². The standard InChI is InChI=1S/C17H17N3/c1-12-8-10-14(11-9-12)18-19-17-13(2)20(3)16-7-5-4-6-15(16)17/h4-11H,1-3H3. The second-order valence-electron chi connectivity index (χ2n) is 5.05. The van der Waals surface area contributed by atoms with Crippen LogP contribution in [0, 0.1) is 13.8 Å². The normalized spacial score (nSPS) is 11.6. The number of benzene rings is 2. The molecule has 0 unspecified atom stereocenters. The Hall–Kier alpha value is -2.42. The highest BCUT2D eigenvalue weighted by Gasteiger charge is 2.10. The van der Waals surface area contributed by atoms with E-state index in [1.807, 2.05) is 36.4 Å². The zero-order chi connectivity index (χ0) is 14.1. The maximum Gasteiger partial charge on any atom is 0.114 e. The molecule has 20 heavy (non-hydrogen) atoms. The molecular formula is C17H17N3. The summed E-state index contributed by atoms with van der Waals surface area (Å²) in [4.78, 5) is 0. The molecule has 1 heterocycles. The molecule has 0 radical (unpaired) electrons. The number of aryl methyl sites for hydroxylation is 2. The van der Waals surface area contributed by atoms with Crippen molar-refractivity contribution in [1.29, 1.82) is 0 Å². The molecule has 0 N–H and O–H groups in total. The molecule has 1 aromatic heterocycles. The van der Waals surface area contributed by atoms with E-state index in [-0.39, 0.29) is 0 Å². The van der Waals surface area contributed by atoms with Crippen molar-refractivity contribution >= 4 is 22.3 Å². The van der Waals surface area contributed by atoms with Crippen molar-refractivity contribution in [3.63, 3.8) is 0 Å². The highest BCUT2D eigenvalue weighted by molar-refractivity contribution is 5.93. The summed E-state index contributed by atoms with van der Waals surface area (Å²) in [5.41, 5.74) is 5.36. The van der Waals surface area contributed by atoms with E-state index >= 15 is 0 Å². The topological polar surface area (TPSA) is 29.6 Å². The summed E-state index contributed by atoms with van der Waals surface area (Å²) in [6, 6.07) is 16.3. The third-order valence-electron chi connectivity index (χ3n) is 3.67. The van der Waals surface area contributed by atoms with Crippen molar-refractivity contribution in [2.75, 3.05) is 0 Å². The van der Waals surface area contributed by atoms with Crippen LogP contribution in [0.3, 0.4) is 0 Å². The Labute approximate surface area is 118 Å². The first-order chi connectivity index (χ1) is 9.66. The Bertz CT molecular complexity index is 780. The predicted octanol–water partition coefficient (Wildman–Crippen LogP) is 5.21. The fourth-order valence-electron chi connectivity index (χ4n) is 2.35. The van der Waals surface area contributed by atoms with Crippen molar-refractivity contribution in [1.82, 2.24) is 4.57 Å². The van der Waals surface area contributed by atoms with Crippen molar-refractivity contribution < 1.29 is 0 Å². The van der Waals surface area contributed by atoms with Crippen LogP contribution in [0.15, 0.2) is 58.8 Å². The third kappa shape index (κ3) is 2.11. The lowest BCUT2D eigenvalue weighted by Gasteiger charge is -1.97. The zero-order valence-corrected chi connectivity index (χ0v) is 12.0. The molecule has 2 aromatic carbocycles. The molecular weight excluding hydrogens is 246 g/mol. The largest absolute Gasteiger partial charge is 0.346 e. The van der Waals surface area contributed by atoms with Crippen molar-refractivity contribution in [3.05, 3.63) is 59.8 Å². The average molecular weight is 263 g/mol. The molecule has 0 fully saturated rings. The number of fused-ring (bicyclic) bond motifs is 1. The van der Waals surface area contributed by atoms with E-state index in [4.69, 9.17) is 0 Å². The lowest BCUT2D eigenvalue weighted by Crippen LogP contribution is -1.88. The number of aromatic nitrogens is 1. The maximum absolute atomic E-state index is 4.46.